The molecule has 1 aliphatic heterocycles. The predicted molar refractivity (Wildman–Crippen MR) is 118 cm³/mol. The fraction of sp³-hybridized carbons (Fsp3) is 0.762. The Kier molecular flexibility index (Phi) is 14.8. The van der Waals surface area contributed by atoms with Crippen LogP contribution in [0, 0.1) is 5.92 Å². The van der Waals surface area contributed by atoms with Crippen molar-refractivity contribution in [3.05, 3.63) is 24.9 Å². The molecule has 0 spiro atoms. The fourth-order valence-corrected chi connectivity index (χ4v) is 3.56. The van der Waals surface area contributed by atoms with Gasteiger partial charge in [0.1, 0.15) is 0 Å². The van der Waals surface area contributed by atoms with Crippen molar-refractivity contribution in [2.75, 3.05) is 38.6 Å². The molecule has 1 saturated heterocycles. The molecule has 0 aromatic carbocycles. The summed E-state index contributed by atoms with van der Waals surface area (Å²) in [5.41, 5.74) is 1.11. The van der Waals surface area contributed by atoms with E-state index in [1.54, 1.807) is 4.90 Å². The van der Waals surface area contributed by atoms with Gasteiger partial charge < -0.3 is 0 Å². The molecule has 1 aliphatic carbocycles. The standard InChI is InChI=1S/C15H28N2.C4H7F2NS.C2H4/c1-4-15(16-3)13-17(5-2)12-11-14-9-7-6-8-10-14;5-4(6)1-7(2-4)3-8;1-2/h4,14H,3,5-13H2,1-2H3;8H,1-3H2;1-2H2/b15-4+;;. The van der Waals surface area contributed by atoms with Crippen LogP contribution in [0.25, 0.3) is 0 Å². The highest BCUT2D eigenvalue weighted by Crippen LogP contribution is 2.27. The van der Waals surface area contributed by atoms with Crippen LogP contribution in [0.3, 0.4) is 0 Å². The monoisotopic (exact) mass is 403 g/mol. The molecule has 2 fully saturated rings. The van der Waals surface area contributed by atoms with Crippen molar-refractivity contribution in [2.45, 2.75) is 58.3 Å². The number of allylic oxidation sites excluding steroid dienone is 1. The summed E-state index contributed by atoms with van der Waals surface area (Å²) in [5.74, 6) is -1.01. The number of rotatable bonds is 8. The van der Waals surface area contributed by atoms with E-state index in [0.29, 0.717) is 5.88 Å². The van der Waals surface area contributed by atoms with E-state index in [-0.39, 0.29) is 13.1 Å². The number of hydrogen-bond acceptors (Lipinski definition) is 4. The summed E-state index contributed by atoms with van der Waals surface area (Å²) in [6.45, 7) is 17.0. The van der Waals surface area contributed by atoms with E-state index in [2.05, 4.69) is 55.4 Å². The van der Waals surface area contributed by atoms with Gasteiger partial charge in [-0.1, -0.05) is 45.1 Å². The van der Waals surface area contributed by atoms with Gasteiger partial charge in [-0.25, -0.2) is 8.78 Å². The minimum Gasteiger partial charge on any atom is -0.298 e. The van der Waals surface area contributed by atoms with Crippen LogP contribution in [0.15, 0.2) is 29.9 Å². The van der Waals surface area contributed by atoms with Gasteiger partial charge in [0.2, 0.25) is 0 Å². The van der Waals surface area contributed by atoms with E-state index in [9.17, 15) is 8.78 Å². The number of likely N-dealkylation sites (tertiary alicyclic amines) is 1. The molecule has 0 atom stereocenters. The third kappa shape index (κ3) is 11.7. The van der Waals surface area contributed by atoms with Gasteiger partial charge in [-0.15, -0.1) is 13.2 Å². The minimum atomic E-state index is -2.43. The molecule has 0 radical (unpaired) electrons. The Morgan fingerprint density at radius 3 is 2.22 bits per heavy atom. The van der Waals surface area contributed by atoms with Crippen LogP contribution in [0.2, 0.25) is 0 Å². The molecule has 27 heavy (non-hydrogen) atoms. The van der Waals surface area contributed by atoms with Crippen molar-refractivity contribution >= 4 is 19.3 Å². The maximum absolute atomic E-state index is 11.9. The van der Waals surface area contributed by atoms with E-state index >= 15 is 0 Å². The van der Waals surface area contributed by atoms with Crippen LogP contribution in [0.4, 0.5) is 8.78 Å². The van der Waals surface area contributed by atoms with Gasteiger partial charge in [0.15, 0.2) is 0 Å². The van der Waals surface area contributed by atoms with Crippen molar-refractivity contribution in [1.29, 1.82) is 0 Å². The second-order valence-electron chi connectivity index (χ2n) is 7.08. The van der Waals surface area contributed by atoms with E-state index in [0.717, 1.165) is 24.7 Å². The number of thiol groups is 1. The van der Waals surface area contributed by atoms with Crippen LogP contribution < -0.4 is 0 Å². The summed E-state index contributed by atoms with van der Waals surface area (Å²) in [6, 6.07) is 0. The molecular weight excluding hydrogens is 364 g/mol. The minimum absolute atomic E-state index is 0.115. The number of alkyl halides is 2. The number of likely N-dealkylation sites (N-methyl/N-ethyl adjacent to an activating group) is 1. The van der Waals surface area contributed by atoms with Crippen molar-refractivity contribution < 1.29 is 8.78 Å². The molecule has 1 heterocycles. The third-order valence-electron chi connectivity index (χ3n) is 5.06. The Hall–Kier alpha value is -0.720. The van der Waals surface area contributed by atoms with Gasteiger partial charge in [-0.3, -0.25) is 14.8 Å². The lowest BCUT2D eigenvalue weighted by molar-refractivity contribution is -0.122. The predicted octanol–water partition coefficient (Wildman–Crippen LogP) is 5.51. The van der Waals surface area contributed by atoms with Crippen molar-refractivity contribution in [2.24, 2.45) is 10.9 Å². The summed E-state index contributed by atoms with van der Waals surface area (Å²) in [4.78, 5) is 8.12. The topological polar surface area (TPSA) is 18.8 Å². The Bertz CT molecular complexity index is 416. The SMILES string of the molecule is C=C.C=N/C(=C/C)CN(CC)CCC1CCCCC1.FC1(F)CN(CS)C1. The quantitative estimate of drug-likeness (QED) is 0.327. The highest BCUT2D eigenvalue weighted by atomic mass is 32.1. The Balaban J connectivity index is 0.000000562. The molecule has 0 N–H and O–H groups in total. The summed E-state index contributed by atoms with van der Waals surface area (Å²) in [6.07, 6.45) is 10.7. The smallest absolute Gasteiger partial charge is 0.273 e. The molecule has 0 unspecified atom stereocenters. The molecule has 0 amide bonds. The molecule has 2 aliphatic rings. The van der Waals surface area contributed by atoms with Gasteiger partial charge in [-0.05, 0) is 39.1 Å². The largest absolute Gasteiger partial charge is 0.298 e. The molecule has 0 aromatic rings. The lowest BCUT2D eigenvalue weighted by Gasteiger charge is -2.37. The maximum Gasteiger partial charge on any atom is 0.273 e. The van der Waals surface area contributed by atoms with E-state index in [4.69, 9.17) is 0 Å². The first-order valence-electron chi connectivity index (χ1n) is 9.99. The van der Waals surface area contributed by atoms with Crippen LogP contribution >= 0.6 is 12.6 Å². The first kappa shape index (κ1) is 26.3. The Morgan fingerprint density at radius 2 is 1.85 bits per heavy atom. The second kappa shape index (κ2) is 15.2. The molecule has 3 nitrogen and oxygen atoms in total. The van der Waals surface area contributed by atoms with Gasteiger partial charge in [0.25, 0.3) is 5.92 Å². The van der Waals surface area contributed by atoms with E-state index < -0.39 is 5.92 Å². The molecule has 2 rings (SSSR count). The number of hydrogen-bond donors (Lipinski definition) is 1. The van der Waals surface area contributed by atoms with Crippen LogP contribution in [-0.4, -0.2) is 61.0 Å². The maximum atomic E-state index is 11.9. The lowest BCUT2D eigenvalue weighted by atomic mass is 9.87. The highest BCUT2D eigenvalue weighted by Gasteiger charge is 2.42. The zero-order valence-corrected chi connectivity index (χ0v) is 18.2. The number of aliphatic imine (C=N–C) groups is 1. The summed E-state index contributed by atoms with van der Waals surface area (Å²) in [5, 5.41) is 0. The van der Waals surface area contributed by atoms with Gasteiger partial charge in [0.05, 0.1) is 13.1 Å². The average Bonchev–Trinajstić information content (AvgIpc) is 2.69. The zero-order valence-electron chi connectivity index (χ0n) is 17.3. The molecular formula is C21H39F2N3S. The van der Waals surface area contributed by atoms with Crippen molar-refractivity contribution in [3.8, 4) is 0 Å². The zero-order chi connectivity index (χ0) is 20.7. The molecule has 1 saturated carbocycles. The molecule has 6 heteroatoms. The van der Waals surface area contributed by atoms with Gasteiger partial charge >= 0.3 is 0 Å². The summed E-state index contributed by atoms with van der Waals surface area (Å²) >= 11 is 3.82. The Morgan fingerprint density at radius 1 is 1.26 bits per heavy atom. The van der Waals surface area contributed by atoms with Crippen molar-refractivity contribution in [1.82, 2.24) is 9.80 Å². The number of nitrogens with zero attached hydrogens (tertiary/aromatic N) is 3. The first-order chi connectivity index (χ1) is 12.9. The van der Waals surface area contributed by atoms with Crippen LogP contribution in [0.1, 0.15) is 52.4 Å². The summed E-state index contributed by atoms with van der Waals surface area (Å²) < 4.78 is 23.8. The highest BCUT2D eigenvalue weighted by molar-refractivity contribution is 7.80. The van der Waals surface area contributed by atoms with Crippen LogP contribution in [0.5, 0.6) is 0 Å². The van der Waals surface area contributed by atoms with Gasteiger partial charge in [0, 0.05) is 18.1 Å². The third-order valence-corrected chi connectivity index (χ3v) is 5.46. The normalized spacial score (nSPS) is 20.0. The summed E-state index contributed by atoms with van der Waals surface area (Å²) in [7, 11) is 0. The molecule has 0 bridgehead atoms. The number of halogens is 2. The Labute approximate surface area is 171 Å². The van der Waals surface area contributed by atoms with Gasteiger partial charge in [-0.2, -0.15) is 12.6 Å². The van der Waals surface area contributed by atoms with Crippen molar-refractivity contribution in [3.63, 3.8) is 0 Å². The van der Waals surface area contributed by atoms with E-state index in [1.165, 1.54) is 45.1 Å². The molecule has 158 valence electrons. The first-order valence-corrected chi connectivity index (χ1v) is 10.6. The lowest BCUT2D eigenvalue weighted by Crippen LogP contribution is -2.55. The average molecular weight is 404 g/mol. The van der Waals surface area contributed by atoms with E-state index in [1.807, 2.05) is 6.92 Å². The fourth-order valence-electron chi connectivity index (χ4n) is 3.36. The second-order valence-corrected chi connectivity index (χ2v) is 7.37. The van der Waals surface area contributed by atoms with Crippen LogP contribution in [-0.2, 0) is 0 Å². The molecule has 0 aromatic heterocycles.